The first-order valence-corrected chi connectivity index (χ1v) is 9.12. The van der Waals surface area contributed by atoms with Crippen LogP contribution < -0.4 is 10.6 Å². The molecule has 2 aliphatic heterocycles. The minimum atomic E-state index is -0.855. The normalized spacial score (nSPS) is 23.3. The number of nitrogens with zero attached hydrogens (tertiary/aromatic N) is 1. The Balaban J connectivity index is 1.71. The number of nitrogens with one attached hydrogen (secondary N) is 2. The molecule has 0 saturated carbocycles. The first-order valence-electron chi connectivity index (χ1n) is 9.12. The van der Waals surface area contributed by atoms with E-state index in [2.05, 4.69) is 10.6 Å². The van der Waals surface area contributed by atoms with Crippen molar-refractivity contribution in [1.29, 1.82) is 0 Å². The molecule has 1 fully saturated rings. The highest BCUT2D eigenvalue weighted by atomic mass is 16.7. The topological polar surface area (TPSA) is 114 Å². The second kappa shape index (κ2) is 8.66. The number of hydrogen-bond acceptors (Lipinski definition) is 6. The zero-order valence-corrected chi connectivity index (χ0v) is 16.6. The van der Waals surface area contributed by atoms with Crippen molar-refractivity contribution >= 4 is 23.6 Å². The van der Waals surface area contributed by atoms with Gasteiger partial charge in [0.05, 0.1) is 6.61 Å². The van der Waals surface area contributed by atoms with Gasteiger partial charge in [-0.25, -0.2) is 0 Å². The summed E-state index contributed by atoms with van der Waals surface area (Å²) in [5, 5.41) is 5.18. The molecule has 0 spiro atoms. The lowest BCUT2D eigenvalue weighted by molar-refractivity contribution is -0.303. The first kappa shape index (κ1) is 21.8. The van der Waals surface area contributed by atoms with Gasteiger partial charge in [0.2, 0.25) is 5.91 Å². The molecule has 28 heavy (non-hydrogen) atoms. The van der Waals surface area contributed by atoms with E-state index in [1.165, 1.54) is 24.4 Å². The van der Waals surface area contributed by atoms with Crippen LogP contribution in [0.2, 0.25) is 0 Å². The van der Waals surface area contributed by atoms with Gasteiger partial charge in [-0.2, -0.15) is 0 Å². The van der Waals surface area contributed by atoms with E-state index in [1.54, 1.807) is 13.8 Å². The number of ether oxygens (including phenoxy) is 2. The fourth-order valence-corrected chi connectivity index (χ4v) is 2.76. The van der Waals surface area contributed by atoms with Gasteiger partial charge in [-0.1, -0.05) is 13.8 Å². The number of imide groups is 1. The molecule has 2 heterocycles. The molecule has 2 rings (SSSR count). The van der Waals surface area contributed by atoms with Crippen molar-refractivity contribution in [2.24, 2.45) is 5.41 Å². The smallest absolute Gasteiger partial charge is 0.253 e. The summed E-state index contributed by atoms with van der Waals surface area (Å²) in [6, 6.07) is 0. The van der Waals surface area contributed by atoms with Crippen molar-refractivity contribution in [1.82, 2.24) is 15.5 Å². The second-order valence-electron chi connectivity index (χ2n) is 7.82. The van der Waals surface area contributed by atoms with E-state index in [0.29, 0.717) is 19.6 Å². The van der Waals surface area contributed by atoms with E-state index in [1.807, 2.05) is 13.8 Å². The molecule has 9 heteroatoms. The van der Waals surface area contributed by atoms with Crippen LogP contribution in [-0.2, 0) is 28.7 Å². The van der Waals surface area contributed by atoms with Gasteiger partial charge in [0.25, 0.3) is 17.7 Å². The van der Waals surface area contributed by atoms with Crippen molar-refractivity contribution in [3.05, 3.63) is 24.4 Å². The molecule has 0 unspecified atom stereocenters. The van der Waals surface area contributed by atoms with Crippen LogP contribution in [0, 0.1) is 5.41 Å². The predicted molar refractivity (Wildman–Crippen MR) is 99.5 cm³/mol. The van der Waals surface area contributed by atoms with Crippen LogP contribution in [0.3, 0.4) is 0 Å². The third-order valence-corrected chi connectivity index (χ3v) is 4.36. The van der Waals surface area contributed by atoms with Gasteiger partial charge >= 0.3 is 0 Å². The van der Waals surface area contributed by atoms with Crippen LogP contribution in [0.1, 0.15) is 34.1 Å². The molecule has 4 amide bonds. The maximum Gasteiger partial charge on any atom is 0.253 e. The molecule has 0 aromatic carbocycles. The molecule has 0 radical (unpaired) electrons. The maximum atomic E-state index is 12.4. The van der Waals surface area contributed by atoms with E-state index in [4.69, 9.17) is 9.47 Å². The zero-order chi connectivity index (χ0) is 20.9. The molecule has 154 valence electrons. The van der Waals surface area contributed by atoms with Gasteiger partial charge in [-0.05, 0) is 20.3 Å². The van der Waals surface area contributed by atoms with E-state index in [-0.39, 0.29) is 24.3 Å². The quantitative estimate of drug-likeness (QED) is 0.363. The van der Waals surface area contributed by atoms with Gasteiger partial charge in [0.15, 0.2) is 5.79 Å². The van der Waals surface area contributed by atoms with Crippen LogP contribution in [-0.4, -0.2) is 60.1 Å². The Bertz CT molecular complexity index is 692. The van der Waals surface area contributed by atoms with Crippen molar-refractivity contribution in [3.63, 3.8) is 0 Å². The molecule has 1 atom stereocenters. The predicted octanol–water partition coefficient (Wildman–Crippen LogP) is 0.225. The number of carbonyl (C=O) groups excluding carboxylic acids is 4. The standard InChI is InChI=1S/C19H27N3O6/c1-18(2)12-27-19(3,4)28-16(18)17(26)21-10-8-13(23)20-9-5-11-22-14(24)6-7-15(22)25/h6-8,10,16H,5,9,11-12H2,1-4H3,(H,20,23)(H,21,26)/b10-8-/t16-/m0/s1. The second-order valence-corrected chi connectivity index (χ2v) is 7.82. The lowest BCUT2D eigenvalue weighted by atomic mass is 9.85. The third kappa shape index (κ3) is 5.74. The highest BCUT2D eigenvalue weighted by Crippen LogP contribution is 2.34. The van der Waals surface area contributed by atoms with E-state index >= 15 is 0 Å². The van der Waals surface area contributed by atoms with Crippen LogP contribution >= 0.6 is 0 Å². The number of hydrogen-bond donors (Lipinski definition) is 2. The molecule has 0 aromatic heterocycles. The summed E-state index contributed by atoms with van der Waals surface area (Å²) in [5.41, 5.74) is -0.505. The highest BCUT2D eigenvalue weighted by molar-refractivity contribution is 6.12. The Labute approximate surface area is 164 Å². The summed E-state index contributed by atoms with van der Waals surface area (Å²) in [7, 11) is 0. The van der Waals surface area contributed by atoms with Gasteiger partial charge in [-0.3, -0.25) is 24.1 Å². The van der Waals surface area contributed by atoms with E-state index < -0.39 is 23.2 Å². The zero-order valence-electron chi connectivity index (χ0n) is 16.6. The minimum absolute atomic E-state index is 0.233. The van der Waals surface area contributed by atoms with Gasteiger partial charge < -0.3 is 20.1 Å². The summed E-state index contributed by atoms with van der Waals surface area (Å²) in [5.74, 6) is -2.30. The van der Waals surface area contributed by atoms with E-state index in [9.17, 15) is 19.2 Å². The third-order valence-electron chi connectivity index (χ3n) is 4.36. The summed E-state index contributed by atoms with van der Waals surface area (Å²) in [6.45, 7) is 8.12. The Morgan fingerprint density at radius 2 is 1.86 bits per heavy atom. The summed E-state index contributed by atoms with van der Waals surface area (Å²) in [6.07, 6.45) is 4.62. The molecular weight excluding hydrogens is 366 g/mol. The van der Waals surface area contributed by atoms with Crippen molar-refractivity contribution in [2.45, 2.75) is 46.0 Å². The Kier molecular flexibility index (Phi) is 6.73. The van der Waals surface area contributed by atoms with Crippen LogP contribution in [0.5, 0.6) is 0 Å². The Morgan fingerprint density at radius 1 is 1.21 bits per heavy atom. The average Bonchev–Trinajstić information content (AvgIpc) is 2.92. The van der Waals surface area contributed by atoms with Crippen LogP contribution in [0.4, 0.5) is 0 Å². The Hall–Kier alpha value is -2.52. The minimum Gasteiger partial charge on any atom is -0.352 e. The molecule has 0 bridgehead atoms. The fourth-order valence-electron chi connectivity index (χ4n) is 2.76. The van der Waals surface area contributed by atoms with Gasteiger partial charge in [0.1, 0.15) is 6.10 Å². The van der Waals surface area contributed by atoms with Gasteiger partial charge in [-0.15, -0.1) is 0 Å². The number of amides is 4. The van der Waals surface area contributed by atoms with Crippen molar-refractivity contribution in [2.75, 3.05) is 19.7 Å². The summed E-state index contributed by atoms with van der Waals surface area (Å²) in [4.78, 5) is 48.1. The molecule has 0 aromatic rings. The molecule has 1 saturated heterocycles. The van der Waals surface area contributed by atoms with Crippen LogP contribution in [0.15, 0.2) is 24.4 Å². The van der Waals surface area contributed by atoms with Gasteiger partial charge in [0, 0.05) is 42.9 Å². The SMILES string of the molecule is CC1(C)OCC(C)(C)[C@H](C(=O)N/C=C\C(=O)NCCCN2C(=O)C=CC2=O)O1. The fraction of sp³-hybridized carbons (Fsp3) is 0.579. The lowest BCUT2D eigenvalue weighted by Gasteiger charge is -2.44. The molecular formula is C19H27N3O6. The monoisotopic (exact) mass is 393 g/mol. The van der Waals surface area contributed by atoms with E-state index in [0.717, 1.165) is 4.90 Å². The van der Waals surface area contributed by atoms with Crippen molar-refractivity contribution < 1.29 is 28.7 Å². The summed E-state index contributed by atoms with van der Waals surface area (Å²) >= 11 is 0. The summed E-state index contributed by atoms with van der Waals surface area (Å²) < 4.78 is 11.3. The molecule has 2 N–H and O–H groups in total. The molecule has 2 aliphatic rings. The molecule has 0 aliphatic carbocycles. The highest BCUT2D eigenvalue weighted by Gasteiger charge is 2.45. The van der Waals surface area contributed by atoms with Crippen LogP contribution in [0.25, 0.3) is 0 Å². The largest absolute Gasteiger partial charge is 0.352 e. The number of rotatable bonds is 7. The Morgan fingerprint density at radius 3 is 2.50 bits per heavy atom. The maximum absolute atomic E-state index is 12.4. The first-order chi connectivity index (χ1) is 13.0. The average molecular weight is 393 g/mol. The van der Waals surface area contributed by atoms with Crippen molar-refractivity contribution in [3.8, 4) is 0 Å². The number of carbonyl (C=O) groups is 4. The molecule has 9 nitrogen and oxygen atoms in total. The lowest BCUT2D eigenvalue weighted by Crippen LogP contribution is -2.55.